The van der Waals surface area contributed by atoms with E-state index >= 15 is 0 Å². The van der Waals surface area contributed by atoms with E-state index in [0.29, 0.717) is 12.8 Å². The van der Waals surface area contributed by atoms with Crippen LogP contribution in [0.25, 0.3) is 0 Å². The molecule has 4 atom stereocenters. The Morgan fingerprint density at radius 3 is 2.24 bits per heavy atom. The van der Waals surface area contributed by atoms with Gasteiger partial charge in [0, 0.05) is 25.1 Å². The highest BCUT2D eigenvalue weighted by molar-refractivity contribution is 5.83. The topological polar surface area (TPSA) is 65.1 Å². The van der Waals surface area contributed by atoms with Crippen molar-refractivity contribution in [1.29, 1.82) is 0 Å². The standard InChI is InChI=1S/C24H24F3NO5/c1-31-23(24(25,26)27,17-10-6-3-7-11-17)21(29)33-20-14-18-12-13-19(20)28(18)22(30)32-15-16-8-4-2-5-9-16/h2-11,18-20H,12-15H2,1H3/t18-,19+,20+,23?/m1/s1. The number of halogens is 3. The first kappa shape index (κ1) is 23.1. The molecule has 1 amide bonds. The number of methoxy groups -OCH3 is 1. The summed E-state index contributed by atoms with van der Waals surface area (Å²) in [5.41, 5.74) is -2.81. The maximum atomic E-state index is 14.1. The molecule has 2 aromatic carbocycles. The molecule has 0 aromatic heterocycles. The van der Waals surface area contributed by atoms with Gasteiger partial charge in [-0.1, -0.05) is 60.7 Å². The van der Waals surface area contributed by atoms with Crippen LogP contribution in [-0.2, 0) is 31.2 Å². The van der Waals surface area contributed by atoms with E-state index in [2.05, 4.69) is 0 Å². The van der Waals surface area contributed by atoms with Crippen molar-refractivity contribution in [3.05, 3.63) is 71.8 Å². The van der Waals surface area contributed by atoms with Gasteiger partial charge in [0.2, 0.25) is 0 Å². The molecule has 0 saturated carbocycles. The van der Waals surface area contributed by atoms with Crippen LogP contribution in [0.2, 0.25) is 0 Å². The van der Waals surface area contributed by atoms with E-state index in [9.17, 15) is 22.8 Å². The number of esters is 1. The van der Waals surface area contributed by atoms with E-state index in [1.54, 1.807) is 6.07 Å². The number of fused-ring (bicyclic) bond motifs is 2. The van der Waals surface area contributed by atoms with Gasteiger partial charge in [-0.25, -0.2) is 9.59 Å². The zero-order valence-electron chi connectivity index (χ0n) is 18.0. The summed E-state index contributed by atoms with van der Waals surface area (Å²) in [7, 11) is 0.829. The number of hydrogen-bond donors (Lipinski definition) is 0. The van der Waals surface area contributed by atoms with E-state index in [-0.39, 0.29) is 24.6 Å². The van der Waals surface area contributed by atoms with Gasteiger partial charge in [0.25, 0.3) is 5.60 Å². The van der Waals surface area contributed by atoms with Gasteiger partial charge >= 0.3 is 18.2 Å². The van der Waals surface area contributed by atoms with E-state index in [4.69, 9.17) is 14.2 Å². The van der Waals surface area contributed by atoms with E-state index < -0.39 is 36.0 Å². The zero-order valence-corrected chi connectivity index (χ0v) is 18.0. The first-order valence-corrected chi connectivity index (χ1v) is 10.7. The van der Waals surface area contributed by atoms with Gasteiger partial charge in [-0.15, -0.1) is 0 Å². The summed E-state index contributed by atoms with van der Waals surface area (Å²) in [6.45, 7) is 0.0783. The molecule has 2 bridgehead atoms. The first-order chi connectivity index (χ1) is 15.8. The molecule has 1 unspecified atom stereocenters. The maximum Gasteiger partial charge on any atom is 0.432 e. The van der Waals surface area contributed by atoms with Crippen molar-refractivity contribution < 1.29 is 37.0 Å². The van der Waals surface area contributed by atoms with Crippen LogP contribution >= 0.6 is 0 Å². The van der Waals surface area contributed by atoms with Gasteiger partial charge in [-0.2, -0.15) is 13.2 Å². The molecule has 0 aliphatic carbocycles. The average Bonchev–Trinajstić information content (AvgIpc) is 3.37. The number of benzene rings is 2. The summed E-state index contributed by atoms with van der Waals surface area (Å²) in [4.78, 5) is 27.2. The molecular weight excluding hydrogens is 439 g/mol. The predicted octanol–water partition coefficient (Wildman–Crippen LogP) is 4.58. The maximum absolute atomic E-state index is 14.1. The molecule has 6 nitrogen and oxygen atoms in total. The smallest absolute Gasteiger partial charge is 0.432 e. The molecule has 33 heavy (non-hydrogen) atoms. The van der Waals surface area contributed by atoms with Crippen LogP contribution < -0.4 is 0 Å². The van der Waals surface area contributed by atoms with E-state index in [0.717, 1.165) is 12.7 Å². The summed E-state index contributed by atoms with van der Waals surface area (Å²) in [5.74, 6) is -1.54. The fourth-order valence-electron chi connectivity index (χ4n) is 4.75. The molecule has 4 rings (SSSR count). The van der Waals surface area contributed by atoms with Crippen molar-refractivity contribution in [2.75, 3.05) is 7.11 Å². The van der Waals surface area contributed by atoms with Crippen molar-refractivity contribution in [2.24, 2.45) is 0 Å². The Bertz CT molecular complexity index is 985. The molecule has 0 N–H and O–H groups in total. The number of alkyl halides is 3. The van der Waals surface area contributed by atoms with Gasteiger partial charge < -0.3 is 14.2 Å². The number of carbonyl (C=O) groups excluding carboxylic acids is 2. The first-order valence-electron chi connectivity index (χ1n) is 10.7. The SMILES string of the molecule is COC(C(=O)O[C@H]1C[C@H]2CC[C@@H]1N2C(=O)OCc1ccccc1)(c1ccccc1)C(F)(F)F. The second-order valence-electron chi connectivity index (χ2n) is 8.17. The van der Waals surface area contributed by atoms with Crippen LogP contribution in [0.1, 0.15) is 30.4 Å². The lowest BCUT2D eigenvalue weighted by atomic mass is 9.92. The fraction of sp³-hybridized carbons (Fsp3) is 0.417. The Balaban J connectivity index is 1.49. The molecule has 2 fully saturated rings. The van der Waals surface area contributed by atoms with Crippen LogP contribution in [0.15, 0.2) is 60.7 Å². The molecule has 2 aliphatic heterocycles. The minimum absolute atomic E-state index is 0.0783. The lowest BCUT2D eigenvalue weighted by Crippen LogP contribution is -2.53. The number of rotatable bonds is 6. The van der Waals surface area contributed by atoms with Crippen molar-refractivity contribution >= 4 is 12.1 Å². The third kappa shape index (κ3) is 4.17. The Kier molecular flexibility index (Phi) is 6.34. The molecule has 0 radical (unpaired) electrons. The van der Waals surface area contributed by atoms with Gasteiger partial charge in [0.05, 0.1) is 6.04 Å². The van der Waals surface area contributed by atoms with Crippen LogP contribution in [-0.4, -0.2) is 48.4 Å². The van der Waals surface area contributed by atoms with Gasteiger partial charge in [0.1, 0.15) is 12.7 Å². The summed E-state index contributed by atoms with van der Waals surface area (Å²) >= 11 is 0. The van der Waals surface area contributed by atoms with Crippen LogP contribution in [0.3, 0.4) is 0 Å². The molecule has 2 saturated heterocycles. The largest absolute Gasteiger partial charge is 0.457 e. The van der Waals surface area contributed by atoms with Crippen LogP contribution in [0.5, 0.6) is 0 Å². The van der Waals surface area contributed by atoms with Crippen LogP contribution in [0.4, 0.5) is 18.0 Å². The highest BCUT2D eigenvalue weighted by atomic mass is 19.4. The summed E-state index contributed by atoms with van der Waals surface area (Å²) < 4.78 is 58.0. The zero-order chi connectivity index (χ0) is 23.6. The van der Waals surface area contributed by atoms with Crippen molar-refractivity contribution in [1.82, 2.24) is 4.90 Å². The highest BCUT2D eigenvalue weighted by Gasteiger charge is 2.65. The third-order valence-electron chi connectivity index (χ3n) is 6.33. The lowest BCUT2D eigenvalue weighted by molar-refractivity contribution is -0.278. The second-order valence-corrected chi connectivity index (χ2v) is 8.17. The summed E-state index contributed by atoms with van der Waals surface area (Å²) in [6.07, 6.45) is -5.05. The number of amides is 1. The minimum Gasteiger partial charge on any atom is -0.457 e. The van der Waals surface area contributed by atoms with Crippen molar-refractivity contribution in [2.45, 2.75) is 55.8 Å². The highest BCUT2D eigenvalue weighted by Crippen LogP contribution is 2.45. The fourth-order valence-corrected chi connectivity index (χ4v) is 4.75. The third-order valence-corrected chi connectivity index (χ3v) is 6.33. The molecule has 2 aromatic rings. The Hall–Kier alpha value is -3.07. The lowest BCUT2D eigenvalue weighted by Gasteiger charge is -2.34. The number of carbonyl (C=O) groups is 2. The molecule has 9 heteroatoms. The number of ether oxygens (including phenoxy) is 3. The Morgan fingerprint density at radius 2 is 1.64 bits per heavy atom. The molecule has 0 spiro atoms. The molecule has 176 valence electrons. The van der Waals surface area contributed by atoms with E-state index in [1.165, 1.54) is 29.2 Å². The second kappa shape index (κ2) is 9.05. The molecule has 2 heterocycles. The quantitative estimate of drug-likeness (QED) is 0.587. The normalized spacial score (nSPS) is 23.8. The van der Waals surface area contributed by atoms with Crippen LogP contribution in [0, 0.1) is 0 Å². The van der Waals surface area contributed by atoms with Gasteiger partial charge in [-0.3, -0.25) is 4.90 Å². The van der Waals surface area contributed by atoms with Gasteiger partial charge in [-0.05, 0) is 18.4 Å². The monoisotopic (exact) mass is 463 g/mol. The Labute approximate surface area is 189 Å². The van der Waals surface area contributed by atoms with E-state index in [1.807, 2.05) is 30.3 Å². The molecule has 2 aliphatic rings. The predicted molar refractivity (Wildman–Crippen MR) is 111 cm³/mol. The van der Waals surface area contributed by atoms with Gasteiger partial charge in [0.15, 0.2) is 0 Å². The average molecular weight is 463 g/mol. The van der Waals surface area contributed by atoms with Crippen molar-refractivity contribution in [3.63, 3.8) is 0 Å². The molecular formula is C24H24F3NO5. The van der Waals surface area contributed by atoms with Crippen molar-refractivity contribution in [3.8, 4) is 0 Å². The number of hydrogen-bond acceptors (Lipinski definition) is 5. The summed E-state index contributed by atoms with van der Waals surface area (Å²) in [5, 5.41) is 0. The Morgan fingerprint density at radius 1 is 1.00 bits per heavy atom. The number of nitrogens with zero attached hydrogens (tertiary/aromatic N) is 1. The summed E-state index contributed by atoms with van der Waals surface area (Å²) in [6, 6.07) is 15.0. The minimum atomic E-state index is -5.05.